The number of nitrogens with zero attached hydrogens (tertiary/aromatic N) is 2. The first kappa shape index (κ1) is 19.9. The Morgan fingerprint density at radius 1 is 0.516 bits per heavy atom. The van der Waals surface area contributed by atoms with Gasteiger partial charge in [0.15, 0.2) is 5.78 Å². The largest absolute Gasteiger partial charge is 0.322 e. The van der Waals surface area contributed by atoms with Crippen molar-refractivity contribution >= 4 is 28.8 Å². The third-order valence-electron chi connectivity index (χ3n) is 4.61. The Morgan fingerprint density at radius 2 is 1.00 bits per heavy atom. The van der Waals surface area contributed by atoms with Gasteiger partial charge in [-0.05, 0) is 48.5 Å². The Labute approximate surface area is 180 Å². The molecular formula is C26H19N3O2. The summed E-state index contributed by atoms with van der Waals surface area (Å²) < 4.78 is 0. The Kier molecular flexibility index (Phi) is 6.05. The van der Waals surface area contributed by atoms with Crippen LogP contribution in [-0.2, 0) is 0 Å². The van der Waals surface area contributed by atoms with E-state index in [9.17, 15) is 9.59 Å². The summed E-state index contributed by atoms with van der Waals surface area (Å²) in [5.41, 5.74) is 3.73. The summed E-state index contributed by atoms with van der Waals surface area (Å²) in [6.07, 6.45) is 0. The van der Waals surface area contributed by atoms with Crippen molar-refractivity contribution in [3.8, 4) is 0 Å². The second kappa shape index (κ2) is 9.41. The minimum Gasteiger partial charge on any atom is -0.322 e. The summed E-state index contributed by atoms with van der Waals surface area (Å²) in [6, 6.07) is 32.2. The van der Waals surface area contributed by atoms with E-state index in [4.69, 9.17) is 0 Å². The first-order valence-electron chi connectivity index (χ1n) is 9.77. The molecule has 0 atom stereocenters. The smallest absolute Gasteiger partial charge is 0.255 e. The molecule has 31 heavy (non-hydrogen) atoms. The number of hydrogen-bond donors (Lipinski definition) is 1. The van der Waals surface area contributed by atoms with Crippen LogP contribution < -0.4 is 5.32 Å². The molecule has 150 valence electrons. The average molecular weight is 405 g/mol. The fourth-order valence-corrected chi connectivity index (χ4v) is 2.95. The fourth-order valence-electron chi connectivity index (χ4n) is 2.95. The van der Waals surface area contributed by atoms with Crippen molar-refractivity contribution in [2.75, 3.05) is 5.32 Å². The van der Waals surface area contributed by atoms with Crippen LogP contribution in [0.25, 0.3) is 0 Å². The molecule has 5 nitrogen and oxygen atoms in total. The molecule has 0 bridgehead atoms. The predicted octanol–water partition coefficient (Wildman–Crippen LogP) is 6.59. The highest BCUT2D eigenvalue weighted by Crippen LogP contribution is 2.20. The second-order valence-corrected chi connectivity index (χ2v) is 6.81. The SMILES string of the molecule is O=C(Nc1ccc(N=Nc2ccccc2)cc1)c1ccc(C(=O)c2ccccc2)cc1. The summed E-state index contributed by atoms with van der Waals surface area (Å²) in [5, 5.41) is 11.2. The van der Waals surface area contributed by atoms with E-state index in [-0.39, 0.29) is 11.7 Å². The van der Waals surface area contributed by atoms with Crippen molar-refractivity contribution in [3.63, 3.8) is 0 Å². The van der Waals surface area contributed by atoms with Crippen LogP contribution in [0.2, 0.25) is 0 Å². The standard InChI is InChI=1S/C26H19N3O2/c30-25(19-7-3-1-4-8-19)20-11-13-21(14-12-20)26(31)27-22-15-17-24(18-16-22)29-28-23-9-5-2-6-10-23/h1-18H,(H,27,31). The van der Waals surface area contributed by atoms with Crippen molar-refractivity contribution in [1.29, 1.82) is 0 Å². The highest BCUT2D eigenvalue weighted by Gasteiger charge is 2.11. The second-order valence-electron chi connectivity index (χ2n) is 6.81. The van der Waals surface area contributed by atoms with E-state index in [1.165, 1.54) is 0 Å². The quantitative estimate of drug-likeness (QED) is 0.290. The van der Waals surface area contributed by atoms with Crippen LogP contribution in [-0.4, -0.2) is 11.7 Å². The highest BCUT2D eigenvalue weighted by molar-refractivity contribution is 6.10. The van der Waals surface area contributed by atoms with Crippen molar-refractivity contribution in [2.24, 2.45) is 10.2 Å². The molecule has 4 aromatic carbocycles. The van der Waals surface area contributed by atoms with Gasteiger partial charge in [0.1, 0.15) is 0 Å². The van der Waals surface area contributed by atoms with Gasteiger partial charge >= 0.3 is 0 Å². The average Bonchev–Trinajstić information content (AvgIpc) is 2.84. The van der Waals surface area contributed by atoms with E-state index in [1.54, 1.807) is 60.7 Å². The number of azo groups is 1. The van der Waals surface area contributed by atoms with Crippen LogP contribution >= 0.6 is 0 Å². The number of anilines is 1. The lowest BCUT2D eigenvalue weighted by Gasteiger charge is -2.06. The van der Waals surface area contributed by atoms with E-state index in [0.717, 1.165) is 5.69 Å². The highest BCUT2D eigenvalue weighted by atomic mass is 16.1. The molecule has 0 unspecified atom stereocenters. The van der Waals surface area contributed by atoms with Crippen LogP contribution in [0.1, 0.15) is 26.3 Å². The third kappa shape index (κ3) is 5.16. The lowest BCUT2D eigenvalue weighted by Crippen LogP contribution is -2.12. The number of nitrogens with one attached hydrogen (secondary N) is 1. The summed E-state index contributed by atoms with van der Waals surface area (Å²) in [4.78, 5) is 25.0. The van der Waals surface area contributed by atoms with Gasteiger partial charge in [-0.15, -0.1) is 0 Å². The van der Waals surface area contributed by atoms with Gasteiger partial charge in [0.25, 0.3) is 5.91 Å². The van der Waals surface area contributed by atoms with Gasteiger partial charge in [-0.3, -0.25) is 9.59 Å². The third-order valence-corrected chi connectivity index (χ3v) is 4.61. The van der Waals surface area contributed by atoms with Crippen LogP contribution in [0, 0.1) is 0 Å². The maximum atomic E-state index is 12.5. The van der Waals surface area contributed by atoms with Gasteiger partial charge in [-0.1, -0.05) is 60.7 Å². The first-order valence-corrected chi connectivity index (χ1v) is 9.77. The zero-order valence-electron chi connectivity index (χ0n) is 16.6. The molecule has 1 N–H and O–H groups in total. The van der Waals surface area contributed by atoms with Crippen LogP contribution in [0.3, 0.4) is 0 Å². The maximum Gasteiger partial charge on any atom is 0.255 e. The molecule has 4 rings (SSSR count). The molecule has 5 heteroatoms. The zero-order valence-corrected chi connectivity index (χ0v) is 16.6. The molecule has 0 radical (unpaired) electrons. The Morgan fingerprint density at radius 3 is 1.61 bits per heavy atom. The van der Waals surface area contributed by atoms with Crippen LogP contribution in [0.15, 0.2) is 119 Å². The summed E-state index contributed by atoms with van der Waals surface area (Å²) in [6.45, 7) is 0. The number of rotatable bonds is 6. The molecule has 0 spiro atoms. The number of amides is 1. The topological polar surface area (TPSA) is 70.9 Å². The van der Waals surface area contributed by atoms with E-state index in [0.29, 0.717) is 28.1 Å². The lowest BCUT2D eigenvalue weighted by molar-refractivity contribution is 0.102. The van der Waals surface area contributed by atoms with Gasteiger partial charge in [0.05, 0.1) is 11.4 Å². The Hall–Kier alpha value is -4.38. The molecular weight excluding hydrogens is 386 g/mol. The first-order chi connectivity index (χ1) is 15.2. The van der Waals surface area contributed by atoms with E-state index in [1.807, 2.05) is 48.5 Å². The monoisotopic (exact) mass is 405 g/mol. The number of ketones is 1. The van der Waals surface area contributed by atoms with Gasteiger partial charge in [-0.25, -0.2) is 0 Å². The summed E-state index contributed by atoms with van der Waals surface area (Å²) >= 11 is 0. The van der Waals surface area contributed by atoms with Gasteiger partial charge in [-0.2, -0.15) is 10.2 Å². The fraction of sp³-hybridized carbons (Fsp3) is 0. The Balaban J connectivity index is 1.39. The van der Waals surface area contributed by atoms with Crippen molar-refractivity contribution < 1.29 is 9.59 Å². The van der Waals surface area contributed by atoms with Crippen molar-refractivity contribution in [1.82, 2.24) is 0 Å². The molecule has 0 aliphatic carbocycles. The van der Waals surface area contributed by atoms with Crippen LogP contribution in [0.5, 0.6) is 0 Å². The predicted molar refractivity (Wildman–Crippen MR) is 121 cm³/mol. The molecule has 0 aliphatic rings. The summed E-state index contributed by atoms with van der Waals surface area (Å²) in [7, 11) is 0. The lowest BCUT2D eigenvalue weighted by atomic mass is 10.0. The van der Waals surface area contributed by atoms with Gasteiger partial charge in [0.2, 0.25) is 0 Å². The maximum absolute atomic E-state index is 12.5. The zero-order chi connectivity index (χ0) is 21.5. The normalized spacial score (nSPS) is 10.7. The molecule has 0 saturated heterocycles. The minimum absolute atomic E-state index is 0.0761. The molecule has 0 fully saturated rings. The Bertz CT molecular complexity index is 1200. The van der Waals surface area contributed by atoms with Crippen LogP contribution in [0.4, 0.5) is 17.1 Å². The van der Waals surface area contributed by atoms with Gasteiger partial charge in [0, 0.05) is 22.4 Å². The number of hydrogen-bond acceptors (Lipinski definition) is 4. The molecule has 4 aromatic rings. The number of benzene rings is 4. The van der Waals surface area contributed by atoms with E-state index < -0.39 is 0 Å². The molecule has 0 heterocycles. The number of carbonyl (C=O) groups is 2. The van der Waals surface area contributed by atoms with Gasteiger partial charge < -0.3 is 5.32 Å². The minimum atomic E-state index is -0.252. The molecule has 1 amide bonds. The number of carbonyl (C=O) groups excluding carboxylic acids is 2. The molecule has 0 aliphatic heterocycles. The van der Waals surface area contributed by atoms with Crippen molar-refractivity contribution in [3.05, 3.63) is 126 Å². The van der Waals surface area contributed by atoms with E-state index in [2.05, 4.69) is 15.5 Å². The van der Waals surface area contributed by atoms with E-state index >= 15 is 0 Å². The molecule has 0 saturated carbocycles. The van der Waals surface area contributed by atoms with Crippen molar-refractivity contribution in [2.45, 2.75) is 0 Å². The summed E-state index contributed by atoms with van der Waals surface area (Å²) in [5.74, 6) is -0.329. The molecule has 0 aromatic heterocycles.